The maximum Gasteiger partial charge on any atom is 0.215 e. The summed E-state index contributed by atoms with van der Waals surface area (Å²) in [5.74, 6) is 2.10. The molecule has 20 heavy (non-hydrogen) atoms. The van der Waals surface area contributed by atoms with Crippen LogP contribution in [0.2, 0.25) is 0 Å². The Hall–Kier alpha value is -1.29. The summed E-state index contributed by atoms with van der Waals surface area (Å²) in [6.07, 6.45) is 2.27. The quantitative estimate of drug-likeness (QED) is 0.751. The number of alkyl halides is 1. The van der Waals surface area contributed by atoms with Crippen molar-refractivity contribution in [3.8, 4) is 5.88 Å². The van der Waals surface area contributed by atoms with E-state index in [4.69, 9.17) is 16.3 Å². The highest BCUT2D eigenvalue weighted by Crippen LogP contribution is 2.27. The zero-order valence-corrected chi connectivity index (χ0v) is 13.3. The maximum absolute atomic E-state index is 6.28. The first-order valence-corrected chi connectivity index (χ1v) is 7.59. The first-order chi connectivity index (χ1) is 9.60. The molecule has 0 N–H and O–H groups in total. The van der Waals surface area contributed by atoms with Gasteiger partial charge in [0.05, 0.1) is 12.5 Å². The van der Waals surface area contributed by atoms with Crippen LogP contribution >= 0.6 is 11.6 Å². The molecule has 0 aliphatic carbocycles. The van der Waals surface area contributed by atoms with Gasteiger partial charge in [0.15, 0.2) is 5.65 Å². The van der Waals surface area contributed by atoms with Crippen molar-refractivity contribution in [2.75, 3.05) is 7.11 Å². The van der Waals surface area contributed by atoms with Crippen molar-refractivity contribution in [3.63, 3.8) is 0 Å². The highest BCUT2D eigenvalue weighted by atomic mass is 35.5. The fourth-order valence-electron chi connectivity index (χ4n) is 2.40. The number of pyridine rings is 1. The van der Waals surface area contributed by atoms with Crippen LogP contribution in [0.5, 0.6) is 5.88 Å². The largest absolute Gasteiger partial charge is 0.481 e. The predicted octanol–water partition coefficient (Wildman–Crippen LogP) is 4.18. The molecule has 2 rings (SSSR count). The number of fused-ring (bicyclic) bond motifs is 1. The minimum absolute atomic E-state index is 0.135. The van der Waals surface area contributed by atoms with Crippen LogP contribution in [0, 0.1) is 5.92 Å². The van der Waals surface area contributed by atoms with Crippen LogP contribution in [0.3, 0.4) is 0 Å². The Kier molecular flexibility index (Phi) is 4.86. The minimum atomic E-state index is -0.135. The average Bonchev–Trinajstić information content (AvgIpc) is 2.82. The highest BCUT2D eigenvalue weighted by Gasteiger charge is 2.18. The van der Waals surface area contributed by atoms with Gasteiger partial charge in [-0.2, -0.15) is 4.98 Å². The van der Waals surface area contributed by atoms with Crippen molar-refractivity contribution in [1.29, 1.82) is 0 Å². The zero-order chi connectivity index (χ0) is 14.7. The molecule has 0 radical (unpaired) electrons. The number of rotatable bonds is 6. The van der Waals surface area contributed by atoms with Crippen LogP contribution < -0.4 is 4.74 Å². The van der Waals surface area contributed by atoms with Crippen LogP contribution in [0.4, 0.5) is 0 Å². The Labute approximate surface area is 125 Å². The number of nitrogens with zero attached hydrogens (tertiary/aromatic N) is 3. The van der Waals surface area contributed by atoms with Gasteiger partial charge in [0, 0.05) is 12.6 Å². The SMILES string of the molecule is CCC(CC)Cn1c(C(C)Cl)nc2ccc(OC)nc21. The normalized spacial score (nSPS) is 13.1. The zero-order valence-electron chi connectivity index (χ0n) is 12.6. The van der Waals surface area contributed by atoms with E-state index in [1.54, 1.807) is 7.11 Å². The Bertz CT molecular complexity index is 576. The predicted molar refractivity (Wildman–Crippen MR) is 82.4 cm³/mol. The molecule has 0 fully saturated rings. The van der Waals surface area contributed by atoms with Gasteiger partial charge in [0.1, 0.15) is 11.3 Å². The van der Waals surface area contributed by atoms with Gasteiger partial charge in [-0.05, 0) is 18.9 Å². The van der Waals surface area contributed by atoms with Gasteiger partial charge in [-0.25, -0.2) is 4.98 Å². The molecule has 2 aromatic rings. The first-order valence-electron chi connectivity index (χ1n) is 7.15. The van der Waals surface area contributed by atoms with Crippen LogP contribution in [0.25, 0.3) is 11.2 Å². The lowest BCUT2D eigenvalue weighted by atomic mass is 10.0. The summed E-state index contributed by atoms with van der Waals surface area (Å²) in [6.45, 7) is 7.27. The highest BCUT2D eigenvalue weighted by molar-refractivity contribution is 6.20. The van der Waals surface area contributed by atoms with Crippen LogP contribution in [-0.4, -0.2) is 21.6 Å². The molecule has 2 aromatic heterocycles. The summed E-state index contributed by atoms with van der Waals surface area (Å²) < 4.78 is 7.37. The number of hydrogen-bond donors (Lipinski definition) is 0. The molecule has 0 aliphatic heterocycles. The molecule has 0 aromatic carbocycles. The van der Waals surface area contributed by atoms with Gasteiger partial charge in [0.2, 0.25) is 5.88 Å². The molecular formula is C15H22ClN3O. The van der Waals surface area contributed by atoms with Gasteiger partial charge in [-0.3, -0.25) is 0 Å². The van der Waals surface area contributed by atoms with E-state index in [1.807, 2.05) is 19.1 Å². The molecule has 1 unspecified atom stereocenters. The fourth-order valence-corrected chi connectivity index (χ4v) is 2.57. The van der Waals surface area contributed by atoms with E-state index < -0.39 is 0 Å². The summed E-state index contributed by atoms with van der Waals surface area (Å²) >= 11 is 6.28. The molecule has 4 nitrogen and oxygen atoms in total. The molecule has 0 aliphatic rings. The van der Waals surface area contributed by atoms with Gasteiger partial charge in [-0.1, -0.05) is 26.7 Å². The van der Waals surface area contributed by atoms with Gasteiger partial charge in [0.25, 0.3) is 0 Å². The molecule has 0 bridgehead atoms. The van der Waals surface area contributed by atoms with E-state index in [-0.39, 0.29) is 5.38 Å². The average molecular weight is 296 g/mol. The Morgan fingerprint density at radius 1 is 1.25 bits per heavy atom. The Morgan fingerprint density at radius 3 is 2.50 bits per heavy atom. The first kappa shape index (κ1) is 15.1. The second kappa shape index (κ2) is 6.44. The minimum Gasteiger partial charge on any atom is -0.481 e. The van der Waals surface area contributed by atoms with Crippen molar-refractivity contribution in [2.24, 2.45) is 5.92 Å². The number of hydrogen-bond acceptors (Lipinski definition) is 3. The molecular weight excluding hydrogens is 274 g/mol. The lowest BCUT2D eigenvalue weighted by Crippen LogP contribution is -2.13. The van der Waals surface area contributed by atoms with Gasteiger partial charge in [-0.15, -0.1) is 11.6 Å². The third-order valence-corrected chi connectivity index (χ3v) is 3.95. The van der Waals surface area contributed by atoms with Gasteiger partial charge >= 0.3 is 0 Å². The summed E-state index contributed by atoms with van der Waals surface area (Å²) in [6, 6.07) is 3.77. The number of methoxy groups -OCH3 is 1. The van der Waals surface area contributed by atoms with Crippen LogP contribution in [0.1, 0.15) is 44.8 Å². The number of imidazole rings is 1. The molecule has 5 heteroatoms. The lowest BCUT2D eigenvalue weighted by molar-refractivity contribution is 0.395. The summed E-state index contributed by atoms with van der Waals surface area (Å²) in [4.78, 5) is 9.16. The van der Waals surface area contributed by atoms with Crippen molar-refractivity contribution in [3.05, 3.63) is 18.0 Å². The maximum atomic E-state index is 6.28. The second-order valence-corrected chi connectivity index (χ2v) is 5.73. The van der Waals surface area contributed by atoms with Gasteiger partial charge < -0.3 is 9.30 Å². The third-order valence-electron chi connectivity index (χ3n) is 3.76. The summed E-state index contributed by atoms with van der Waals surface area (Å²) in [5.41, 5.74) is 1.73. The van der Waals surface area contributed by atoms with Crippen LogP contribution in [0.15, 0.2) is 12.1 Å². The molecule has 0 spiro atoms. The van der Waals surface area contributed by atoms with Crippen LogP contribution in [-0.2, 0) is 6.54 Å². The summed E-state index contributed by atoms with van der Waals surface area (Å²) in [5, 5.41) is -0.135. The number of ether oxygens (including phenoxy) is 1. The topological polar surface area (TPSA) is 39.9 Å². The Balaban J connectivity index is 2.53. The van der Waals surface area contributed by atoms with E-state index >= 15 is 0 Å². The summed E-state index contributed by atoms with van der Waals surface area (Å²) in [7, 11) is 1.63. The van der Waals surface area contributed by atoms with Crippen molar-refractivity contribution >= 4 is 22.8 Å². The van der Waals surface area contributed by atoms with E-state index in [1.165, 1.54) is 0 Å². The third kappa shape index (κ3) is 2.90. The van der Waals surface area contributed by atoms with E-state index in [0.717, 1.165) is 36.4 Å². The lowest BCUT2D eigenvalue weighted by Gasteiger charge is -2.16. The second-order valence-electron chi connectivity index (χ2n) is 5.08. The number of aromatic nitrogens is 3. The van der Waals surface area contributed by atoms with Crippen molar-refractivity contribution < 1.29 is 4.74 Å². The molecule has 110 valence electrons. The van der Waals surface area contributed by atoms with Crippen molar-refractivity contribution in [2.45, 2.75) is 45.5 Å². The van der Waals surface area contributed by atoms with E-state index in [2.05, 4.69) is 28.4 Å². The molecule has 1 atom stereocenters. The smallest absolute Gasteiger partial charge is 0.215 e. The standard InChI is InChI=1S/C15H22ClN3O/c1-5-11(6-2)9-19-14(10(3)16)17-12-7-8-13(20-4)18-15(12)19/h7-8,10-11H,5-6,9H2,1-4H3. The monoisotopic (exact) mass is 295 g/mol. The molecule has 0 saturated carbocycles. The van der Waals surface area contributed by atoms with Crippen molar-refractivity contribution in [1.82, 2.24) is 14.5 Å². The molecule has 0 amide bonds. The van der Waals surface area contributed by atoms with E-state index in [0.29, 0.717) is 11.8 Å². The number of halogens is 1. The molecule has 2 heterocycles. The van der Waals surface area contributed by atoms with E-state index in [9.17, 15) is 0 Å². The fraction of sp³-hybridized carbons (Fsp3) is 0.600. The molecule has 0 saturated heterocycles. The Morgan fingerprint density at radius 2 is 1.95 bits per heavy atom.